The minimum Gasteiger partial charge on any atom is -0.287 e. The summed E-state index contributed by atoms with van der Waals surface area (Å²) in [6.07, 6.45) is 0.0228. The van der Waals surface area contributed by atoms with E-state index >= 15 is 0 Å². The molecule has 2 aromatic rings. The smallest absolute Gasteiger partial charge is 0.262 e. The van der Waals surface area contributed by atoms with Crippen LogP contribution >= 0.6 is 0 Å². The Kier molecular flexibility index (Phi) is 1.88. The molecule has 2 atom stereocenters. The highest BCUT2D eigenvalue weighted by atomic mass is 16.1. The minimum absolute atomic E-state index is 0.0228. The summed E-state index contributed by atoms with van der Waals surface area (Å²) < 4.78 is 1.74. The van der Waals surface area contributed by atoms with Crippen LogP contribution in [0.15, 0.2) is 29.1 Å². The second-order valence-electron chi connectivity index (χ2n) is 4.23. The lowest BCUT2D eigenvalue weighted by Crippen LogP contribution is -2.25. The topological polar surface area (TPSA) is 46.9 Å². The Morgan fingerprint density at radius 3 is 2.88 bits per heavy atom. The van der Waals surface area contributed by atoms with Gasteiger partial charge in [0.15, 0.2) is 0 Å². The van der Waals surface area contributed by atoms with E-state index in [4.69, 9.17) is 0 Å². The molecule has 82 valence electrons. The van der Waals surface area contributed by atoms with Gasteiger partial charge in [-0.3, -0.25) is 14.7 Å². The fourth-order valence-corrected chi connectivity index (χ4v) is 2.35. The number of hydrogen-bond acceptors (Lipinski definition) is 3. The monoisotopic (exact) mass is 215 g/mol. The predicted molar refractivity (Wildman–Crippen MR) is 62.3 cm³/mol. The van der Waals surface area contributed by atoms with Crippen molar-refractivity contribution in [3.63, 3.8) is 0 Å². The van der Waals surface area contributed by atoms with Gasteiger partial charge in [0.2, 0.25) is 0 Å². The molecule has 4 nitrogen and oxygen atoms in total. The van der Waals surface area contributed by atoms with Crippen LogP contribution in [0, 0.1) is 0 Å². The Morgan fingerprint density at radius 1 is 1.31 bits per heavy atom. The van der Waals surface area contributed by atoms with Gasteiger partial charge in [0.25, 0.3) is 5.56 Å². The van der Waals surface area contributed by atoms with Crippen molar-refractivity contribution in [2.45, 2.75) is 26.1 Å². The number of fused-ring (bicyclic) bond motifs is 2. The zero-order valence-electron chi connectivity index (χ0n) is 9.27. The molecule has 1 unspecified atom stereocenters. The average molecular weight is 215 g/mol. The second-order valence-corrected chi connectivity index (χ2v) is 4.23. The summed E-state index contributed by atoms with van der Waals surface area (Å²) in [6.45, 7) is 4.00. The first kappa shape index (κ1) is 9.54. The van der Waals surface area contributed by atoms with E-state index in [9.17, 15) is 4.79 Å². The van der Waals surface area contributed by atoms with Gasteiger partial charge in [-0.15, -0.1) is 0 Å². The van der Waals surface area contributed by atoms with E-state index in [0.717, 1.165) is 11.3 Å². The van der Waals surface area contributed by atoms with Crippen molar-refractivity contribution in [2.24, 2.45) is 0 Å². The molecule has 1 N–H and O–H groups in total. The first-order valence-corrected chi connectivity index (χ1v) is 5.45. The Balaban J connectivity index is 2.45. The van der Waals surface area contributed by atoms with Gasteiger partial charge in [0.05, 0.1) is 23.1 Å². The van der Waals surface area contributed by atoms with Crippen molar-refractivity contribution >= 4 is 10.9 Å². The first-order chi connectivity index (χ1) is 7.68. The molecule has 1 aliphatic rings. The third-order valence-corrected chi connectivity index (χ3v) is 3.10. The average Bonchev–Trinajstić information content (AvgIpc) is 2.55. The lowest BCUT2D eigenvalue weighted by atomic mass is 10.2. The first-order valence-electron chi connectivity index (χ1n) is 5.45. The van der Waals surface area contributed by atoms with Gasteiger partial charge < -0.3 is 0 Å². The number of para-hydroxylation sites is 1. The van der Waals surface area contributed by atoms with Crippen LogP contribution in [0.3, 0.4) is 0 Å². The van der Waals surface area contributed by atoms with E-state index in [0.29, 0.717) is 5.39 Å². The van der Waals surface area contributed by atoms with E-state index in [1.54, 1.807) is 4.57 Å². The van der Waals surface area contributed by atoms with Crippen molar-refractivity contribution in [3.8, 4) is 0 Å². The summed E-state index contributed by atoms with van der Waals surface area (Å²) in [6, 6.07) is 7.62. The van der Waals surface area contributed by atoms with E-state index in [1.807, 2.05) is 38.1 Å². The molecular weight excluding hydrogens is 202 g/mol. The molecular formula is C12H13N3O. The van der Waals surface area contributed by atoms with Crippen LogP contribution in [-0.4, -0.2) is 9.55 Å². The second kappa shape index (κ2) is 3.15. The van der Waals surface area contributed by atoms with E-state index in [2.05, 4.69) is 10.3 Å². The van der Waals surface area contributed by atoms with Crippen LogP contribution in [0.2, 0.25) is 0 Å². The molecule has 1 aromatic heterocycles. The standard InChI is InChI=1S/C12H13N3O/c1-7-11-14-10-6-4-3-5-9(10)12(16)15(11)8(2)13-7/h3-8,13H,1-2H3/t7?,8-/m0/s1. The van der Waals surface area contributed by atoms with Gasteiger partial charge in [-0.25, -0.2) is 4.98 Å². The maximum Gasteiger partial charge on any atom is 0.262 e. The third kappa shape index (κ3) is 1.13. The Hall–Kier alpha value is -1.68. The molecule has 4 heteroatoms. The van der Waals surface area contributed by atoms with Gasteiger partial charge >= 0.3 is 0 Å². The molecule has 0 fully saturated rings. The van der Waals surface area contributed by atoms with Gasteiger partial charge in [-0.1, -0.05) is 12.1 Å². The molecule has 0 bridgehead atoms. The third-order valence-electron chi connectivity index (χ3n) is 3.10. The predicted octanol–water partition coefficient (Wildman–Crippen LogP) is 1.58. The summed E-state index contributed by atoms with van der Waals surface area (Å²) in [5.74, 6) is 0.830. The number of nitrogens with zero attached hydrogens (tertiary/aromatic N) is 2. The zero-order chi connectivity index (χ0) is 11.3. The number of aromatic nitrogens is 2. The highest BCUT2D eigenvalue weighted by Gasteiger charge is 2.27. The van der Waals surface area contributed by atoms with Crippen LogP contribution in [0.1, 0.15) is 31.9 Å². The summed E-state index contributed by atoms with van der Waals surface area (Å²) in [5.41, 5.74) is 0.825. The summed E-state index contributed by atoms with van der Waals surface area (Å²) in [7, 11) is 0. The lowest BCUT2D eigenvalue weighted by molar-refractivity contribution is 0.473. The van der Waals surface area contributed by atoms with Crippen molar-refractivity contribution in [1.29, 1.82) is 0 Å². The largest absolute Gasteiger partial charge is 0.287 e. The molecule has 1 aliphatic heterocycles. The highest BCUT2D eigenvalue weighted by molar-refractivity contribution is 5.77. The fraction of sp³-hybridized carbons (Fsp3) is 0.333. The molecule has 16 heavy (non-hydrogen) atoms. The lowest BCUT2D eigenvalue weighted by Gasteiger charge is -2.08. The maximum absolute atomic E-state index is 12.3. The quantitative estimate of drug-likeness (QED) is 0.725. The van der Waals surface area contributed by atoms with Crippen molar-refractivity contribution < 1.29 is 0 Å². The Labute approximate surface area is 92.9 Å². The molecule has 1 aromatic carbocycles. The van der Waals surface area contributed by atoms with Gasteiger partial charge in [0.1, 0.15) is 5.82 Å². The molecule has 3 rings (SSSR count). The summed E-state index contributed by atoms with van der Waals surface area (Å²) >= 11 is 0. The van der Waals surface area contributed by atoms with E-state index in [-0.39, 0.29) is 17.8 Å². The van der Waals surface area contributed by atoms with Crippen LogP contribution < -0.4 is 10.9 Å². The molecule has 0 radical (unpaired) electrons. The van der Waals surface area contributed by atoms with Crippen molar-refractivity contribution in [3.05, 3.63) is 40.4 Å². The number of nitrogens with one attached hydrogen (secondary N) is 1. The fourth-order valence-electron chi connectivity index (χ4n) is 2.35. The van der Waals surface area contributed by atoms with Crippen LogP contribution in [0.4, 0.5) is 0 Å². The number of hydrogen-bond donors (Lipinski definition) is 1. The van der Waals surface area contributed by atoms with Gasteiger partial charge in [-0.2, -0.15) is 0 Å². The summed E-state index contributed by atoms with van der Waals surface area (Å²) in [5, 5.41) is 3.99. The molecule has 0 saturated carbocycles. The van der Waals surface area contributed by atoms with Gasteiger partial charge in [-0.05, 0) is 26.0 Å². The van der Waals surface area contributed by atoms with Crippen LogP contribution in [0.5, 0.6) is 0 Å². The van der Waals surface area contributed by atoms with Gasteiger partial charge in [0, 0.05) is 0 Å². The Bertz CT molecular complexity index is 617. The van der Waals surface area contributed by atoms with Crippen molar-refractivity contribution in [1.82, 2.24) is 14.9 Å². The van der Waals surface area contributed by atoms with Crippen LogP contribution in [-0.2, 0) is 0 Å². The molecule has 0 spiro atoms. The SMILES string of the molecule is CC1N[C@H](C)n2c1nc1ccccc1c2=O. The normalized spacial score (nSPS) is 23.6. The highest BCUT2D eigenvalue weighted by Crippen LogP contribution is 2.23. The summed E-state index contributed by atoms with van der Waals surface area (Å²) in [4.78, 5) is 16.8. The van der Waals surface area contributed by atoms with Crippen molar-refractivity contribution in [2.75, 3.05) is 0 Å². The Morgan fingerprint density at radius 2 is 2.06 bits per heavy atom. The zero-order valence-corrected chi connectivity index (χ0v) is 9.27. The molecule has 2 heterocycles. The molecule has 0 aliphatic carbocycles. The molecule has 0 amide bonds. The minimum atomic E-state index is 0.0228. The number of benzene rings is 1. The molecule has 0 saturated heterocycles. The maximum atomic E-state index is 12.3. The number of rotatable bonds is 0. The van der Waals surface area contributed by atoms with E-state index in [1.165, 1.54) is 0 Å². The van der Waals surface area contributed by atoms with E-state index < -0.39 is 0 Å². The van der Waals surface area contributed by atoms with Crippen LogP contribution in [0.25, 0.3) is 10.9 Å².